The summed E-state index contributed by atoms with van der Waals surface area (Å²) in [4.78, 5) is 33.5. The lowest BCUT2D eigenvalue weighted by molar-refractivity contribution is -0.392. The van der Waals surface area contributed by atoms with E-state index in [0.717, 1.165) is 0 Å². The van der Waals surface area contributed by atoms with Crippen molar-refractivity contribution in [2.75, 3.05) is 16.8 Å². The molecule has 1 N–H and O–H groups in total. The Morgan fingerprint density at radius 1 is 1.30 bits per heavy atom. The molecule has 0 bridgehead atoms. The molecule has 1 fully saturated rings. The highest BCUT2D eigenvalue weighted by atomic mass is 19.4. The first-order chi connectivity index (χ1) is 12.5. The Balaban J connectivity index is 2.93. The number of anilines is 2. The molecule has 0 aliphatic carbocycles. The van der Waals surface area contributed by atoms with Gasteiger partial charge in [-0.1, -0.05) is 6.92 Å². The van der Waals surface area contributed by atoms with Crippen molar-refractivity contribution in [2.45, 2.75) is 45.3 Å². The number of nitrogens with one attached hydrogen (secondary N) is 1. The Morgan fingerprint density at radius 3 is 2.33 bits per heavy atom. The average Bonchev–Trinajstić information content (AvgIpc) is 2.97. The van der Waals surface area contributed by atoms with Crippen molar-refractivity contribution in [1.82, 2.24) is 0 Å². The van der Waals surface area contributed by atoms with Gasteiger partial charge in [0.05, 0.1) is 15.4 Å². The second kappa shape index (κ2) is 7.37. The number of alkyl halides is 3. The first-order valence-electron chi connectivity index (χ1n) is 8.12. The first kappa shape index (κ1) is 20.4. The highest BCUT2D eigenvalue weighted by Gasteiger charge is 2.46. The summed E-state index contributed by atoms with van der Waals surface area (Å²) in [5.41, 5.74) is -5.35. The van der Waals surface area contributed by atoms with E-state index in [1.54, 1.807) is 13.8 Å². The van der Waals surface area contributed by atoms with Crippen LogP contribution in [0.25, 0.3) is 0 Å². The molecule has 1 saturated heterocycles. The Bertz CT molecular complexity index is 797. The Hall–Kier alpha value is -2.92. The van der Waals surface area contributed by atoms with Gasteiger partial charge in [-0.05, 0) is 19.8 Å². The monoisotopic (exact) mass is 390 g/mol. The summed E-state index contributed by atoms with van der Waals surface area (Å²) in [6.45, 7) is 3.14. The topological polar surface area (TPSA) is 119 Å². The van der Waals surface area contributed by atoms with E-state index in [2.05, 4.69) is 5.32 Å². The number of nitro groups is 2. The van der Waals surface area contributed by atoms with Crippen LogP contribution in [-0.2, 0) is 11.0 Å². The summed E-state index contributed by atoms with van der Waals surface area (Å²) in [6, 6.07) is -0.236. The van der Waals surface area contributed by atoms with Crippen LogP contribution in [0, 0.1) is 20.2 Å². The van der Waals surface area contributed by atoms with Gasteiger partial charge < -0.3 is 10.2 Å². The Morgan fingerprint density at radius 2 is 1.93 bits per heavy atom. The summed E-state index contributed by atoms with van der Waals surface area (Å²) in [5, 5.41) is 25.6. The van der Waals surface area contributed by atoms with E-state index >= 15 is 0 Å². The standard InChI is InChI=1S/C15H17F3N4O5/c1-3-8(2)19-12-10(21(24)25)7-9(15(16,17)18)13(14(12)22(26)27)20-6-4-5-11(20)23/h7-8,19H,3-6H2,1-2H3. The lowest BCUT2D eigenvalue weighted by Gasteiger charge is -2.23. The second-order valence-electron chi connectivity index (χ2n) is 6.13. The highest BCUT2D eigenvalue weighted by molar-refractivity contribution is 6.01. The number of carbonyl (C=O) groups is 1. The van der Waals surface area contributed by atoms with Gasteiger partial charge in [-0.2, -0.15) is 13.2 Å². The quantitative estimate of drug-likeness (QED) is 0.582. The van der Waals surface area contributed by atoms with Crippen molar-refractivity contribution >= 4 is 28.7 Å². The number of rotatable bonds is 6. The summed E-state index contributed by atoms with van der Waals surface area (Å²) >= 11 is 0. The fourth-order valence-corrected chi connectivity index (χ4v) is 2.83. The first-order valence-corrected chi connectivity index (χ1v) is 8.12. The van der Waals surface area contributed by atoms with Crippen molar-refractivity contribution in [3.05, 3.63) is 31.9 Å². The molecular formula is C15H17F3N4O5. The van der Waals surface area contributed by atoms with Gasteiger partial charge in [-0.15, -0.1) is 0 Å². The fraction of sp³-hybridized carbons (Fsp3) is 0.533. The lowest BCUT2D eigenvalue weighted by atomic mass is 10.0. The van der Waals surface area contributed by atoms with E-state index in [-0.39, 0.29) is 25.5 Å². The van der Waals surface area contributed by atoms with Gasteiger partial charge in [0.15, 0.2) is 5.69 Å². The van der Waals surface area contributed by atoms with E-state index in [9.17, 15) is 38.2 Å². The zero-order valence-electron chi connectivity index (χ0n) is 14.5. The third-order valence-electron chi connectivity index (χ3n) is 4.28. The highest BCUT2D eigenvalue weighted by Crippen LogP contribution is 2.50. The molecule has 1 atom stereocenters. The fourth-order valence-electron chi connectivity index (χ4n) is 2.83. The summed E-state index contributed by atoms with van der Waals surface area (Å²) in [5.74, 6) is -0.702. The van der Waals surface area contributed by atoms with E-state index in [0.29, 0.717) is 11.3 Å². The van der Waals surface area contributed by atoms with E-state index in [1.807, 2.05) is 0 Å². The van der Waals surface area contributed by atoms with Crippen LogP contribution in [0.1, 0.15) is 38.7 Å². The predicted octanol–water partition coefficient (Wildman–Crippen LogP) is 3.86. The van der Waals surface area contributed by atoms with Gasteiger partial charge >= 0.3 is 11.9 Å². The molecule has 1 aliphatic rings. The molecule has 1 aliphatic heterocycles. The van der Waals surface area contributed by atoms with Gasteiger partial charge in [0.2, 0.25) is 5.91 Å². The molecule has 148 valence electrons. The molecular weight excluding hydrogens is 373 g/mol. The molecule has 27 heavy (non-hydrogen) atoms. The maximum absolute atomic E-state index is 13.6. The molecule has 9 nitrogen and oxygen atoms in total. The predicted molar refractivity (Wildman–Crippen MR) is 89.7 cm³/mol. The molecule has 1 unspecified atom stereocenters. The zero-order valence-corrected chi connectivity index (χ0v) is 14.5. The van der Waals surface area contributed by atoms with Crippen LogP contribution < -0.4 is 10.2 Å². The molecule has 0 spiro atoms. The molecule has 0 aromatic heterocycles. The minimum atomic E-state index is -5.12. The average molecular weight is 390 g/mol. The molecule has 1 aromatic rings. The molecule has 2 rings (SSSR count). The minimum Gasteiger partial charge on any atom is -0.371 e. The van der Waals surface area contributed by atoms with Gasteiger partial charge in [0.25, 0.3) is 5.69 Å². The molecule has 0 saturated carbocycles. The maximum atomic E-state index is 13.6. The summed E-state index contributed by atoms with van der Waals surface area (Å²) < 4.78 is 40.7. The normalized spacial score (nSPS) is 15.7. The van der Waals surface area contributed by atoms with Crippen molar-refractivity contribution in [3.63, 3.8) is 0 Å². The SMILES string of the molecule is CCC(C)Nc1c([N+](=O)[O-])cc(C(F)(F)F)c(N2CCCC2=O)c1[N+](=O)[O-]. The number of carbonyl (C=O) groups excluding carboxylic acids is 1. The van der Waals surface area contributed by atoms with Crippen LogP contribution in [-0.4, -0.2) is 28.3 Å². The van der Waals surface area contributed by atoms with E-state index in [1.165, 1.54) is 0 Å². The molecule has 1 heterocycles. The summed E-state index contributed by atoms with van der Waals surface area (Å²) in [7, 11) is 0. The Labute approximate surface area is 151 Å². The number of nitrogens with zero attached hydrogens (tertiary/aromatic N) is 3. The molecule has 12 heteroatoms. The number of hydrogen-bond acceptors (Lipinski definition) is 6. The van der Waals surface area contributed by atoms with Gasteiger partial charge in [-0.25, -0.2) is 0 Å². The summed E-state index contributed by atoms with van der Waals surface area (Å²) in [6.07, 6.45) is -4.53. The van der Waals surface area contributed by atoms with E-state index in [4.69, 9.17) is 0 Å². The van der Waals surface area contributed by atoms with Crippen molar-refractivity contribution in [1.29, 1.82) is 0 Å². The van der Waals surface area contributed by atoms with Crippen LogP contribution in [0.2, 0.25) is 0 Å². The largest absolute Gasteiger partial charge is 0.418 e. The number of hydrogen-bond donors (Lipinski definition) is 1. The van der Waals surface area contributed by atoms with Crippen molar-refractivity contribution < 1.29 is 27.8 Å². The third kappa shape index (κ3) is 3.93. The van der Waals surface area contributed by atoms with Crippen LogP contribution in [0.5, 0.6) is 0 Å². The van der Waals surface area contributed by atoms with Crippen molar-refractivity contribution in [2.24, 2.45) is 0 Å². The van der Waals surface area contributed by atoms with Gasteiger partial charge in [-0.3, -0.25) is 25.0 Å². The van der Waals surface area contributed by atoms with Gasteiger partial charge in [0.1, 0.15) is 5.69 Å². The Kier molecular flexibility index (Phi) is 5.56. The number of nitro benzene ring substituents is 2. The third-order valence-corrected chi connectivity index (χ3v) is 4.28. The second-order valence-corrected chi connectivity index (χ2v) is 6.13. The number of halogens is 3. The number of benzene rings is 1. The smallest absolute Gasteiger partial charge is 0.371 e. The van der Waals surface area contributed by atoms with Gasteiger partial charge in [0, 0.05) is 25.1 Å². The van der Waals surface area contributed by atoms with Crippen molar-refractivity contribution in [3.8, 4) is 0 Å². The molecule has 1 aromatic carbocycles. The zero-order chi connectivity index (χ0) is 20.5. The van der Waals surface area contributed by atoms with Crippen LogP contribution in [0.4, 0.5) is 35.9 Å². The lowest BCUT2D eigenvalue weighted by Crippen LogP contribution is -2.29. The van der Waals surface area contributed by atoms with E-state index < -0.39 is 56.3 Å². The maximum Gasteiger partial charge on any atom is 0.418 e. The van der Waals surface area contributed by atoms with Crippen LogP contribution >= 0.6 is 0 Å². The minimum absolute atomic E-state index is 0.0560. The van der Waals surface area contributed by atoms with Crippen LogP contribution in [0.15, 0.2) is 6.07 Å². The number of amides is 1. The van der Waals surface area contributed by atoms with Crippen LogP contribution in [0.3, 0.4) is 0 Å². The molecule has 1 amide bonds. The molecule has 0 radical (unpaired) electrons.